The van der Waals surface area contributed by atoms with Crippen molar-refractivity contribution >= 4 is 22.5 Å². The monoisotopic (exact) mass is 416 g/mol. The molecular formula is C26H32N4O. The summed E-state index contributed by atoms with van der Waals surface area (Å²) >= 11 is 0. The summed E-state index contributed by atoms with van der Waals surface area (Å²) in [5, 5.41) is 4.16. The zero-order valence-corrected chi connectivity index (χ0v) is 18.8. The molecule has 0 bridgehead atoms. The van der Waals surface area contributed by atoms with Crippen molar-refractivity contribution in [2.45, 2.75) is 33.7 Å². The van der Waals surface area contributed by atoms with Crippen molar-refractivity contribution in [2.75, 3.05) is 38.0 Å². The number of para-hydroxylation sites is 1. The Morgan fingerprint density at radius 2 is 1.65 bits per heavy atom. The fourth-order valence-electron chi connectivity index (χ4n) is 4.41. The quantitative estimate of drug-likeness (QED) is 0.655. The van der Waals surface area contributed by atoms with Crippen LogP contribution in [0.25, 0.3) is 10.9 Å². The standard InChI is InChI=1S/C26H32N4O/c1-4-29-13-15-30(16-14-29)18-21-9-11-22(12-10-21)28-26(31)17-24-19(2)23-7-5-6-8-25(23)27-20(24)3/h5-12H,4,13-18H2,1-3H3,(H,28,31). The number of amides is 1. The molecule has 0 radical (unpaired) electrons. The fraction of sp³-hybridized carbons (Fsp3) is 0.385. The minimum Gasteiger partial charge on any atom is -0.326 e. The van der Waals surface area contributed by atoms with Gasteiger partial charge in [-0.25, -0.2) is 0 Å². The predicted molar refractivity (Wildman–Crippen MR) is 127 cm³/mol. The van der Waals surface area contributed by atoms with Crippen LogP contribution in [0, 0.1) is 13.8 Å². The van der Waals surface area contributed by atoms with Gasteiger partial charge in [0.05, 0.1) is 11.9 Å². The van der Waals surface area contributed by atoms with Gasteiger partial charge in [-0.05, 0) is 55.3 Å². The number of rotatable bonds is 6. The molecule has 0 atom stereocenters. The average molecular weight is 417 g/mol. The number of nitrogens with one attached hydrogen (secondary N) is 1. The van der Waals surface area contributed by atoms with E-state index in [4.69, 9.17) is 0 Å². The van der Waals surface area contributed by atoms with Crippen molar-refractivity contribution in [3.05, 3.63) is 70.9 Å². The molecule has 3 aromatic rings. The molecular weight excluding hydrogens is 384 g/mol. The summed E-state index contributed by atoms with van der Waals surface area (Å²) in [7, 11) is 0. The number of pyridine rings is 1. The second-order valence-corrected chi connectivity index (χ2v) is 8.45. The zero-order chi connectivity index (χ0) is 21.8. The van der Waals surface area contributed by atoms with Gasteiger partial charge < -0.3 is 10.2 Å². The van der Waals surface area contributed by atoms with E-state index in [-0.39, 0.29) is 5.91 Å². The van der Waals surface area contributed by atoms with Gasteiger partial charge in [-0.3, -0.25) is 14.7 Å². The lowest BCUT2D eigenvalue weighted by Crippen LogP contribution is -2.45. The lowest BCUT2D eigenvalue weighted by molar-refractivity contribution is -0.115. The van der Waals surface area contributed by atoms with Crippen molar-refractivity contribution in [2.24, 2.45) is 0 Å². The third-order valence-electron chi connectivity index (χ3n) is 6.38. The van der Waals surface area contributed by atoms with E-state index < -0.39 is 0 Å². The maximum absolute atomic E-state index is 12.7. The summed E-state index contributed by atoms with van der Waals surface area (Å²) < 4.78 is 0. The molecule has 1 amide bonds. The second-order valence-electron chi connectivity index (χ2n) is 8.45. The van der Waals surface area contributed by atoms with E-state index in [1.54, 1.807) is 0 Å². The maximum Gasteiger partial charge on any atom is 0.228 e. The molecule has 0 aliphatic carbocycles. The van der Waals surface area contributed by atoms with Crippen molar-refractivity contribution in [3.8, 4) is 0 Å². The molecule has 2 aromatic carbocycles. The highest BCUT2D eigenvalue weighted by Gasteiger charge is 2.16. The molecule has 5 heteroatoms. The van der Waals surface area contributed by atoms with E-state index in [9.17, 15) is 4.79 Å². The number of hydrogen-bond acceptors (Lipinski definition) is 4. The predicted octanol–water partition coefficient (Wildman–Crippen LogP) is 4.17. The number of benzene rings is 2. The van der Waals surface area contributed by atoms with Crippen molar-refractivity contribution < 1.29 is 4.79 Å². The van der Waals surface area contributed by atoms with Gasteiger partial charge >= 0.3 is 0 Å². The minimum absolute atomic E-state index is 0.00767. The molecule has 1 fully saturated rings. The zero-order valence-electron chi connectivity index (χ0n) is 18.8. The summed E-state index contributed by atoms with van der Waals surface area (Å²) in [6.45, 7) is 12.9. The molecule has 5 nitrogen and oxygen atoms in total. The summed E-state index contributed by atoms with van der Waals surface area (Å²) in [4.78, 5) is 22.4. The molecule has 1 aliphatic heterocycles. The van der Waals surface area contributed by atoms with Crippen LogP contribution in [0.4, 0.5) is 5.69 Å². The summed E-state index contributed by atoms with van der Waals surface area (Å²) in [6, 6.07) is 16.4. The van der Waals surface area contributed by atoms with Gasteiger partial charge in [0.25, 0.3) is 0 Å². The number of anilines is 1. The van der Waals surface area contributed by atoms with Gasteiger partial charge in [0, 0.05) is 49.5 Å². The largest absolute Gasteiger partial charge is 0.326 e. The molecule has 0 saturated carbocycles. The summed E-state index contributed by atoms with van der Waals surface area (Å²) in [6.07, 6.45) is 0.332. The highest BCUT2D eigenvalue weighted by atomic mass is 16.1. The SMILES string of the molecule is CCN1CCN(Cc2ccc(NC(=O)Cc3c(C)nc4ccccc4c3C)cc2)CC1. The molecule has 1 N–H and O–H groups in total. The van der Waals surface area contributed by atoms with E-state index in [1.165, 1.54) is 5.56 Å². The van der Waals surface area contributed by atoms with Gasteiger partial charge in [-0.15, -0.1) is 0 Å². The first kappa shape index (κ1) is 21.5. The Hall–Kier alpha value is -2.76. The number of carbonyl (C=O) groups excluding carboxylic acids is 1. The lowest BCUT2D eigenvalue weighted by atomic mass is 9.99. The Kier molecular flexibility index (Phi) is 6.64. The van der Waals surface area contributed by atoms with Crippen LogP contribution in [-0.2, 0) is 17.8 Å². The fourth-order valence-corrected chi connectivity index (χ4v) is 4.41. The molecule has 1 aromatic heterocycles. The molecule has 0 spiro atoms. The Balaban J connectivity index is 1.37. The Labute approximate surface area is 185 Å². The minimum atomic E-state index is -0.00767. The van der Waals surface area contributed by atoms with E-state index in [0.29, 0.717) is 6.42 Å². The van der Waals surface area contributed by atoms with Gasteiger partial charge in [0.15, 0.2) is 0 Å². The van der Waals surface area contributed by atoms with Gasteiger partial charge in [-0.1, -0.05) is 37.3 Å². The highest BCUT2D eigenvalue weighted by molar-refractivity contribution is 5.94. The Bertz CT molecular complexity index is 1050. The number of hydrogen-bond donors (Lipinski definition) is 1. The first-order valence-electron chi connectivity index (χ1n) is 11.2. The van der Waals surface area contributed by atoms with Crippen LogP contribution >= 0.6 is 0 Å². The van der Waals surface area contributed by atoms with Crippen LogP contribution < -0.4 is 5.32 Å². The molecule has 2 heterocycles. The van der Waals surface area contributed by atoms with Crippen LogP contribution in [0.5, 0.6) is 0 Å². The van der Waals surface area contributed by atoms with Crippen LogP contribution in [0.1, 0.15) is 29.3 Å². The van der Waals surface area contributed by atoms with Gasteiger partial charge in [-0.2, -0.15) is 0 Å². The second kappa shape index (κ2) is 9.58. The summed E-state index contributed by atoms with van der Waals surface area (Å²) in [5.74, 6) is -0.00767. The normalized spacial score (nSPS) is 15.3. The number of fused-ring (bicyclic) bond motifs is 1. The number of aromatic nitrogens is 1. The first-order valence-corrected chi connectivity index (χ1v) is 11.2. The number of carbonyl (C=O) groups is 1. The van der Waals surface area contributed by atoms with E-state index in [2.05, 4.69) is 52.1 Å². The topological polar surface area (TPSA) is 48.5 Å². The molecule has 4 rings (SSSR count). The van der Waals surface area contributed by atoms with Crippen LogP contribution in [-0.4, -0.2) is 53.4 Å². The van der Waals surface area contributed by atoms with E-state index >= 15 is 0 Å². The number of piperazine rings is 1. The average Bonchev–Trinajstić information content (AvgIpc) is 2.78. The first-order chi connectivity index (χ1) is 15.0. The third-order valence-corrected chi connectivity index (χ3v) is 6.38. The van der Waals surface area contributed by atoms with Crippen LogP contribution in [0.2, 0.25) is 0 Å². The molecule has 31 heavy (non-hydrogen) atoms. The van der Waals surface area contributed by atoms with Crippen molar-refractivity contribution in [1.82, 2.24) is 14.8 Å². The highest BCUT2D eigenvalue weighted by Crippen LogP contribution is 2.23. The van der Waals surface area contributed by atoms with E-state index in [0.717, 1.165) is 72.7 Å². The van der Waals surface area contributed by atoms with Crippen LogP contribution in [0.15, 0.2) is 48.5 Å². The molecule has 1 saturated heterocycles. The third kappa shape index (κ3) is 5.12. The van der Waals surface area contributed by atoms with Gasteiger partial charge in [0.1, 0.15) is 0 Å². The van der Waals surface area contributed by atoms with Crippen LogP contribution in [0.3, 0.4) is 0 Å². The smallest absolute Gasteiger partial charge is 0.228 e. The molecule has 1 aliphatic rings. The number of likely N-dealkylation sites (N-methyl/N-ethyl adjacent to an activating group) is 1. The van der Waals surface area contributed by atoms with Gasteiger partial charge in [0.2, 0.25) is 5.91 Å². The van der Waals surface area contributed by atoms with Crippen molar-refractivity contribution in [3.63, 3.8) is 0 Å². The number of aryl methyl sites for hydroxylation is 2. The Morgan fingerprint density at radius 3 is 2.35 bits per heavy atom. The Morgan fingerprint density at radius 1 is 0.968 bits per heavy atom. The van der Waals surface area contributed by atoms with E-state index in [1.807, 2.05) is 37.3 Å². The maximum atomic E-state index is 12.7. The lowest BCUT2D eigenvalue weighted by Gasteiger charge is -2.34. The summed E-state index contributed by atoms with van der Waals surface area (Å²) in [5.41, 5.74) is 6.18. The van der Waals surface area contributed by atoms with Crippen molar-refractivity contribution in [1.29, 1.82) is 0 Å². The molecule has 0 unspecified atom stereocenters. The number of nitrogens with zero attached hydrogens (tertiary/aromatic N) is 3. The molecule has 162 valence electrons.